The van der Waals surface area contributed by atoms with Crippen LogP contribution in [0.15, 0.2) is 18.3 Å². The topological polar surface area (TPSA) is 29.0 Å². The van der Waals surface area contributed by atoms with Gasteiger partial charge >= 0.3 is 0 Å². The molecule has 0 spiro atoms. The molecular formula is C11H19N3. The van der Waals surface area contributed by atoms with E-state index < -0.39 is 0 Å². The molecule has 14 heavy (non-hydrogen) atoms. The summed E-state index contributed by atoms with van der Waals surface area (Å²) in [5.74, 6) is 0. The van der Waals surface area contributed by atoms with Gasteiger partial charge in [0.15, 0.2) is 0 Å². The van der Waals surface area contributed by atoms with Crippen molar-refractivity contribution in [2.75, 3.05) is 19.6 Å². The van der Waals surface area contributed by atoms with Gasteiger partial charge in [0.2, 0.25) is 0 Å². The zero-order valence-electron chi connectivity index (χ0n) is 8.96. The molecule has 1 saturated heterocycles. The molecule has 3 nitrogen and oxygen atoms in total. The Hall–Kier alpha value is -0.800. The van der Waals surface area contributed by atoms with E-state index in [1.807, 2.05) is 0 Å². The quantitative estimate of drug-likeness (QED) is 0.741. The van der Waals surface area contributed by atoms with Gasteiger partial charge in [-0.05, 0) is 26.0 Å². The van der Waals surface area contributed by atoms with E-state index in [9.17, 15) is 0 Å². The Labute approximate surface area is 85.5 Å². The molecule has 2 heterocycles. The van der Waals surface area contributed by atoms with Crippen LogP contribution in [0.25, 0.3) is 0 Å². The van der Waals surface area contributed by atoms with Gasteiger partial charge in [-0.1, -0.05) is 0 Å². The van der Waals surface area contributed by atoms with Crippen LogP contribution in [0.4, 0.5) is 0 Å². The molecule has 1 aliphatic rings. The molecule has 0 radical (unpaired) electrons. The highest BCUT2D eigenvalue weighted by Gasteiger charge is 2.17. The molecule has 1 fully saturated rings. The highest BCUT2D eigenvalue weighted by Crippen LogP contribution is 2.18. The third kappa shape index (κ3) is 1.83. The first-order chi connectivity index (χ1) is 6.79. The molecule has 78 valence electrons. The fraction of sp³-hybridized carbons (Fsp3) is 0.636. The minimum atomic E-state index is 0.473. The van der Waals surface area contributed by atoms with E-state index in [0.29, 0.717) is 12.1 Å². The fourth-order valence-corrected chi connectivity index (χ4v) is 2.04. The van der Waals surface area contributed by atoms with Crippen molar-refractivity contribution in [1.82, 2.24) is 15.2 Å². The Morgan fingerprint density at radius 1 is 1.43 bits per heavy atom. The summed E-state index contributed by atoms with van der Waals surface area (Å²) in [5.41, 5.74) is 1.40. The first kappa shape index (κ1) is 9.74. The average Bonchev–Trinajstić information content (AvgIpc) is 2.67. The molecule has 1 aromatic rings. The molecule has 0 bridgehead atoms. The van der Waals surface area contributed by atoms with Crippen LogP contribution < -0.4 is 10.6 Å². The molecule has 1 aliphatic heterocycles. The standard InChI is InChI=1S/C11H19N3/c1-9(2)14-7-3-4-11(14)10-8-12-5-6-13-10/h3-4,7,9-10,12-13H,5-6,8H2,1-2H3. The van der Waals surface area contributed by atoms with E-state index in [0.717, 1.165) is 19.6 Å². The lowest BCUT2D eigenvalue weighted by Crippen LogP contribution is -2.43. The molecule has 0 aliphatic carbocycles. The summed E-state index contributed by atoms with van der Waals surface area (Å²) in [7, 11) is 0. The Balaban J connectivity index is 2.17. The minimum Gasteiger partial charge on any atom is -0.347 e. The largest absolute Gasteiger partial charge is 0.347 e. The van der Waals surface area contributed by atoms with Crippen molar-refractivity contribution in [1.29, 1.82) is 0 Å². The lowest BCUT2D eigenvalue weighted by atomic mass is 10.1. The van der Waals surface area contributed by atoms with Crippen LogP contribution in [0.2, 0.25) is 0 Å². The molecule has 1 atom stereocenters. The van der Waals surface area contributed by atoms with Gasteiger partial charge in [0.05, 0.1) is 6.04 Å². The number of nitrogens with zero attached hydrogens (tertiary/aromatic N) is 1. The molecule has 0 saturated carbocycles. The predicted octanol–water partition coefficient (Wildman–Crippen LogP) is 1.30. The fourth-order valence-electron chi connectivity index (χ4n) is 2.04. The van der Waals surface area contributed by atoms with Gasteiger partial charge in [-0.15, -0.1) is 0 Å². The predicted molar refractivity (Wildman–Crippen MR) is 58.4 cm³/mol. The van der Waals surface area contributed by atoms with Gasteiger partial charge in [-0.3, -0.25) is 0 Å². The maximum atomic E-state index is 3.53. The molecule has 2 N–H and O–H groups in total. The summed E-state index contributed by atoms with van der Waals surface area (Å²) in [4.78, 5) is 0. The number of rotatable bonds is 2. The van der Waals surface area contributed by atoms with Gasteiger partial charge in [0.25, 0.3) is 0 Å². The highest BCUT2D eigenvalue weighted by molar-refractivity contribution is 5.14. The van der Waals surface area contributed by atoms with Crippen molar-refractivity contribution in [2.24, 2.45) is 0 Å². The van der Waals surface area contributed by atoms with Crippen molar-refractivity contribution in [3.05, 3.63) is 24.0 Å². The molecule has 1 aromatic heterocycles. The van der Waals surface area contributed by atoms with Crippen LogP contribution >= 0.6 is 0 Å². The van der Waals surface area contributed by atoms with Crippen molar-refractivity contribution in [3.63, 3.8) is 0 Å². The number of hydrogen-bond acceptors (Lipinski definition) is 2. The summed E-state index contributed by atoms with van der Waals surface area (Å²) in [6.07, 6.45) is 2.16. The van der Waals surface area contributed by atoms with Crippen LogP contribution in [0.3, 0.4) is 0 Å². The number of nitrogens with one attached hydrogen (secondary N) is 2. The van der Waals surface area contributed by atoms with E-state index in [-0.39, 0.29) is 0 Å². The number of aromatic nitrogens is 1. The summed E-state index contributed by atoms with van der Waals surface area (Å²) in [6, 6.07) is 5.36. The van der Waals surface area contributed by atoms with Gasteiger partial charge in [-0.2, -0.15) is 0 Å². The summed E-state index contributed by atoms with van der Waals surface area (Å²) in [6.45, 7) is 7.63. The van der Waals surface area contributed by atoms with Crippen molar-refractivity contribution in [3.8, 4) is 0 Å². The zero-order valence-corrected chi connectivity index (χ0v) is 8.96. The Bertz CT molecular complexity index is 284. The molecule has 3 heteroatoms. The first-order valence-corrected chi connectivity index (χ1v) is 5.40. The highest BCUT2D eigenvalue weighted by atomic mass is 15.1. The lowest BCUT2D eigenvalue weighted by Gasteiger charge is -2.27. The zero-order chi connectivity index (χ0) is 9.97. The summed E-state index contributed by atoms with van der Waals surface area (Å²) >= 11 is 0. The van der Waals surface area contributed by atoms with Gasteiger partial charge < -0.3 is 15.2 Å². The monoisotopic (exact) mass is 193 g/mol. The second-order valence-electron chi connectivity index (χ2n) is 4.14. The first-order valence-electron chi connectivity index (χ1n) is 5.40. The Morgan fingerprint density at radius 2 is 2.29 bits per heavy atom. The Morgan fingerprint density at radius 3 is 2.93 bits per heavy atom. The van der Waals surface area contributed by atoms with Crippen LogP contribution in [-0.2, 0) is 0 Å². The minimum absolute atomic E-state index is 0.473. The van der Waals surface area contributed by atoms with E-state index in [1.54, 1.807) is 0 Å². The van der Waals surface area contributed by atoms with Crippen LogP contribution in [0.1, 0.15) is 31.6 Å². The molecule has 0 amide bonds. The number of hydrogen-bond donors (Lipinski definition) is 2. The van der Waals surface area contributed by atoms with Crippen molar-refractivity contribution in [2.45, 2.75) is 25.9 Å². The van der Waals surface area contributed by atoms with Crippen molar-refractivity contribution < 1.29 is 0 Å². The second-order valence-corrected chi connectivity index (χ2v) is 4.14. The summed E-state index contributed by atoms with van der Waals surface area (Å²) in [5, 5.41) is 6.95. The molecular weight excluding hydrogens is 174 g/mol. The smallest absolute Gasteiger partial charge is 0.0602 e. The van der Waals surface area contributed by atoms with Gasteiger partial charge in [0, 0.05) is 37.6 Å². The van der Waals surface area contributed by atoms with Crippen molar-refractivity contribution >= 4 is 0 Å². The molecule has 1 unspecified atom stereocenters. The summed E-state index contributed by atoms with van der Waals surface area (Å²) < 4.78 is 2.34. The third-order valence-corrected chi connectivity index (χ3v) is 2.77. The van der Waals surface area contributed by atoms with E-state index in [2.05, 4.69) is 47.4 Å². The molecule has 0 aromatic carbocycles. The van der Waals surface area contributed by atoms with Crippen LogP contribution in [0, 0.1) is 0 Å². The van der Waals surface area contributed by atoms with E-state index in [1.165, 1.54) is 5.69 Å². The normalized spacial score (nSPS) is 22.9. The Kier molecular flexibility index (Phi) is 2.89. The maximum Gasteiger partial charge on any atom is 0.0602 e. The van der Waals surface area contributed by atoms with Gasteiger partial charge in [0.1, 0.15) is 0 Å². The van der Waals surface area contributed by atoms with Crippen LogP contribution in [-0.4, -0.2) is 24.2 Å². The lowest BCUT2D eigenvalue weighted by molar-refractivity contribution is 0.402. The second kappa shape index (κ2) is 4.15. The number of piperazine rings is 1. The average molecular weight is 193 g/mol. The van der Waals surface area contributed by atoms with Crippen LogP contribution in [0.5, 0.6) is 0 Å². The van der Waals surface area contributed by atoms with E-state index in [4.69, 9.17) is 0 Å². The SMILES string of the molecule is CC(C)n1cccc1C1CNCCN1. The van der Waals surface area contributed by atoms with E-state index >= 15 is 0 Å². The third-order valence-electron chi connectivity index (χ3n) is 2.77. The molecule has 2 rings (SSSR count). The van der Waals surface area contributed by atoms with Gasteiger partial charge in [-0.25, -0.2) is 0 Å². The maximum absolute atomic E-state index is 3.53.